The Morgan fingerprint density at radius 3 is 1.04 bits per heavy atom. The first-order valence-corrected chi connectivity index (χ1v) is 16.1. The molecule has 7 aromatic rings. The molecule has 4 nitrogen and oxygen atoms in total. The number of hydrogen-bond acceptors (Lipinski definition) is 4. The Bertz CT molecular complexity index is 1940. The maximum Gasteiger partial charge on any atom is 0.129 e. The summed E-state index contributed by atoms with van der Waals surface area (Å²) in [6.45, 7) is 0. The first kappa shape index (κ1) is 30.4. The topological polar surface area (TPSA) is 70.5 Å². The van der Waals surface area contributed by atoms with Gasteiger partial charge in [-0.2, -0.15) is 0 Å². The second-order valence-electron chi connectivity index (χ2n) is 11.8. The third kappa shape index (κ3) is 7.09. The zero-order chi connectivity index (χ0) is 32.7. The van der Waals surface area contributed by atoms with Crippen LogP contribution in [-0.2, 0) is 0 Å². The van der Waals surface area contributed by atoms with E-state index in [4.69, 9.17) is 20.9 Å². The molecular formula is C44H36N2O2. The molecule has 4 heteroatoms. The van der Waals surface area contributed by atoms with Crippen LogP contribution in [0.1, 0.15) is 45.2 Å². The molecule has 48 heavy (non-hydrogen) atoms. The maximum absolute atomic E-state index is 6.11. The zero-order valence-electron chi connectivity index (χ0n) is 26.4. The second kappa shape index (κ2) is 14.0. The second-order valence-corrected chi connectivity index (χ2v) is 11.8. The van der Waals surface area contributed by atoms with Gasteiger partial charge in [-0.1, -0.05) is 121 Å². The van der Waals surface area contributed by atoms with E-state index in [9.17, 15) is 0 Å². The summed E-state index contributed by atoms with van der Waals surface area (Å²) in [7, 11) is 0. The van der Waals surface area contributed by atoms with Gasteiger partial charge < -0.3 is 20.9 Å². The molecule has 0 aliphatic carbocycles. The number of ether oxygens (including phenoxy) is 2. The Morgan fingerprint density at radius 2 is 0.646 bits per heavy atom. The van der Waals surface area contributed by atoms with Crippen LogP contribution in [0.2, 0.25) is 0 Å². The van der Waals surface area contributed by atoms with Gasteiger partial charge in [0.25, 0.3) is 0 Å². The lowest BCUT2D eigenvalue weighted by atomic mass is 9.80. The van der Waals surface area contributed by atoms with Gasteiger partial charge in [0, 0.05) is 35.3 Å². The van der Waals surface area contributed by atoms with Crippen molar-refractivity contribution in [2.45, 2.75) is 11.8 Å². The molecular weight excluding hydrogens is 588 g/mol. The summed E-state index contributed by atoms with van der Waals surface area (Å²) in [4.78, 5) is 0. The van der Waals surface area contributed by atoms with E-state index in [0.29, 0.717) is 22.9 Å². The van der Waals surface area contributed by atoms with Gasteiger partial charge in [0.15, 0.2) is 0 Å². The number of nitrogen functional groups attached to an aromatic ring is 2. The van der Waals surface area contributed by atoms with E-state index in [1.165, 1.54) is 33.4 Å². The molecule has 0 aliphatic heterocycles. The number of hydrogen-bond donors (Lipinski definition) is 2. The molecule has 7 rings (SSSR count). The van der Waals surface area contributed by atoms with E-state index in [2.05, 4.69) is 109 Å². The van der Waals surface area contributed by atoms with Gasteiger partial charge in [-0.15, -0.1) is 0 Å². The van der Waals surface area contributed by atoms with E-state index >= 15 is 0 Å². The van der Waals surface area contributed by atoms with Crippen LogP contribution in [0.4, 0.5) is 11.4 Å². The minimum Gasteiger partial charge on any atom is -0.457 e. The molecule has 0 spiro atoms. The minimum absolute atomic E-state index is 0.0260. The molecule has 7 aromatic carbocycles. The Hall–Kier alpha value is -6.26. The van der Waals surface area contributed by atoms with Crippen molar-refractivity contribution in [3.8, 4) is 23.0 Å². The zero-order valence-corrected chi connectivity index (χ0v) is 26.4. The highest BCUT2D eigenvalue weighted by Gasteiger charge is 2.21. The fourth-order valence-corrected chi connectivity index (χ4v) is 6.25. The maximum atomic E-state index is 6.11. The highest BCUT2D eigenvalue weighted by atomic mass is 16.5. The van der Waals surface area contributed by atoms with Gasteiger partial charge in [0.2, 0.25) is 0 Å². The summed E-state index contributed by atoms with van der Waals surface area (Å²) in [5.41, 5.74) is 20.5. The SMILES string of the molecule is Nc1cccc(Oc2ccc(C(c3ccccc3)c3cccc(C(c4ccccc4)c4ccc(Oc5cccc(N)c5)cc4)c3)cc2)c1. The van der Waals surface area contributed by atoms with Crippen molar-refractivity contribution in [3.63, 3.8) is 0 Å². The molecule has 0 heterocycles. The van der Waals surface area contributed by atoms with Crippen molar-refractivity contribution in [1.29, 1.82) is 0 Å². The molecule has 0 bridgehead atoms. The van der Waals surface area contributed by atoms with Crippen LogP contribution in [0, 0.1) is 0 Å². The molecule has 2 unspecified atom stereocenters. The van der Waals surface area contributed by atoms with Crippen molar-refractivity contribution in [2.75, 3.05) is 11.5 Å². The standard InChI is InChI=1S/C44H36N2O2/c45-37-16-8-18-41(29-37)47-39-24-20-33(21-25-39)43(31-10-3-1-4-11-31)35-14-7-15-36(28-35)44(32-12-5-2-6-13-32)34-22-26-40(27-23-34)48-42-19-9-17-38(46)30-42/h1-30,43-44H,45-46H2. The molecule has 0 saturated heterocycles. The van der Waals surface area contributed by atoms with Gasteiger partial charge in [-0.3, -0.25) is 0 Å². The molecule has 234 valence electrons. The number of nitrogens with two attached hydrogens (primary N) is 2. The highest BCUT2D eigenvalue weighted by Crippen LogP contribution is 2.38. The Kier molecular flexibility index (Phi) is 8.88. The van der Waals surface area contributed by atoms with Gasteiger partial charge in [-0.25, -0.2) is 0 Å². The van der Waals surface area contributed by atoms with E-state index < -0.39 is 0 Å². The van der Waals surface area contributed by atoms with Gasteiger partial charge in [-0.05, 0) is 81.9 Å². The predicted octanol–water partition coefficient (Wildman–Crippen LogP) is 10.8. The first-order chi connectivity index (χ1) is 23.6. The highest BCUT2D eigenvalue weighted by molar-refractivity contribution is 5.51. The number of rotatable bonds is 10. The van der Waals surface area contributed by atoms with Crippen molar-refractivity contribution >= 4 is 11.4 Å². The summed E-state index contributed by atoms with van der Waals surface area (Å²) in [5.74, 6) is 3.00. The molecule has 0 amide bonds. The van der Waals surface area contributed by atoms with Crippen LogP contribution < -0.4 is 20.9 Å². The third-order valence-corrected chi connectivity index (χ3v) is 8.46. The molecule has 0 aromatic heterocycles. The van der Waals surface area contributed by atoms with E-state index in [1.807, 2.05) is 72.8 Å². The monoisotopic (exact) mass is 624 g/mol. The van der Waals surface area contributed by atoms with Gasteiger partial charge in [0.05, 0.1) is 0 Å². The van der Waals surface area contributed by atoms with E-state index in [0.717, 1.165) is 11.5 Å². The third-order valence-electron chi connectivity index (χ3n) is 8.46. The van der Waals surface area contributed by atoms with Crippen LogP contribution in [-0.4, -0.2) is 0 Å². The van der Waals surface area contributed by atoms with Crippen LogP contribution in [0.5, 0.6) is 23.0 Å². The molecule has 4 N–H and O–H groups in total. The molecule has 2 atom stereocenters. The molecule has 0 radical (unpaired) electrons. The number of anilines is 2. The molecule has 0 aliphatic rings. The Labute approximate surface area is 281 Å². The first-order valence-electron chi connectivity index (χ1n) is 16.1. The Balaban J connectivity index is 1.23. The van der Waals surface area contributed by atoms with Gasteiger partial charge >= 0.3 is 0 Å². The predicted molar refractivity (Wildman–Crippen MR) is 196 cm³/mol. The fourth-order valence-electron chi connectivity index (χ4n) is 6.25. The average Bonchev–Trinajstić information content (AvgIpc) is 3.11. The lowest BCUT2D eigenvalue weighted by molar-refractivity contribution is 0.482. The summed E-state index contributed by atoms with van der Waals surface area (Å²) in [6, 6.07) is 62.0. The van der Waals surface area contributed by atoms with Crippen molar-refractivity contribution < 1.29 is 9.47 Å². The van der Waals surface area contributed by atoms with Crippen LogP contribution in [0.25, 0.3) is 0 Å². The minimum atomic E-state index is 0.0260. The number of benzene rings is 7. The van der Waals surface area contributed by atoms with Crippen molar-refractivity contribution in [1.82, 2.24) is 0 Å². The summed E-state index contributed by atoms with van der Waals surface area (Å²) in [6.07, 6.45) is 0. The van der Waals surface area contributed by atoms with E-state index in [-0.39, 0.29) is 11.8 Å². The summed E-state index contributed by atoms with van der Waals surface area (Å²) < 4.78 is 12.2. The van der Waals surface area contributed by atoms with Crippen LogP contribution >= 0.6 is 0 Å². The molecule has 0 saturated carbocycles. The van der Waals surface area contributed by atoms with E-state index in [1.54, 1.807) is 0 Å². The quantitative estimate of drug-likeness (QED) is 0.117. The van der Waals surface area contributed by atoms with Crippen molar-refractivity contribution in [3.05, 3.63) is 215 Å². The fraction of sp³-hybridized carbons (Fsp3) is 0.0455. The summed E-state index contributed by atoms with van der Waals surface area (Å²) >= 11 is 0. The van der Waals surface area contributed by atoms with Gasteiger partial charge in [0.1, 0.15) is 23.0 Å². The Morgan fingerprint density at radius 1 is 0.292 bits per heavy atom. The van der Waals surface area contributed by atoms with Crippen LogP contribution in [0.15, 0.2) is 182 Å². The normalized spacial score (nSPS) is 12.2. The smallest absolute Gasteiger partial charge is 0.129 e. The molecule has 0 fully saturated rings. The largest absolute Gasteiger partial charge is 0.457 e. The average molecular weight is 625 g/mol. The van der Waals surface area contributed by atoms with Crippen LogP contribution in [0.3, 0.4) is 0 Å². The van der Waals surface area contributed by atoms with Crippen molar-refractivity contribution in [2.24, 2.45) is 0 Å². The lowest BCUT2D eigenvalue weighted by Gasteiger charge is -2.23. The summed E-state index contributed by atoms with van der Waals surface area (Å²) in [5, 5.41) is 0. The lowest BCUT2D eigenvalue weighted by Crippen LogP contribution is -2.07.